The maximum atomic E-state index is 3.71. The number of likely N-dealkylation sites (N-methyl/N-ethyl adjacent to an activating group) is 1. The van der Waals surface area contributed by atoms with Gasteiger partial charge in [-0.05, 0) is 59.3 Å². The van der Waals surface area contributed by atoms with Crippen LogP contribution in [0.4, 0.5) is 0 Å². The summed E-state index contributed by atoms with van der Waals surface area (Å²) < 4.78 is 0. The van der Waals surface area contributed by atoms with Crippen molar-refractivity contribution in [1.29, 1.82) is 0 Å². The first-order valence-electron chi connectivity index (χ1n) is 7.93. The molecule has 0 spiro atoms. The second-order valence-electron chi connectivity index (χ2n) is 6.95. The van der Waals surface area contributed by atoms with Crippen molar-refractivity contribution < 1.29 is 0 Å². The van der Waals surface area contributed by atoms with Crippen LogP contribution in [0.5, 0.6) is 0 Å². The third kappa shape index (κ3) is 4.71. The van der Waals surface area contributed by atoms with Crippen molar-refractivity contribution in [2.45, 2.75) is 32.2 Å². The lowest BCUT2D eigenvalue weighted by Crippen LogP contribution is -2.57. The predicted octanol–water partition coefficient (Wildman–Crippen LogP) is 0.602. The van der Waals surface area contributed by atoms with Crippen LogP contribution in [-0.4, -0.2) is 74.7 Å². The first-order valence-corrected chi connectivity index (χ1v) is 7.93. The van der Waals surface area contributed by atoms with Crippen LogP contribution in [-0.2, 0) is 0 Å². The van der Waals surface area contributed by atoms with Gasteiger partial charge in [-0.15, -0.1) is 0 Å². The molecule has 112 valence electrons. The van der Waals surface area contributed by atoms with E-state index in [4.69, 9.17) is 0 Å². The van der Waals surface area contributed by atoms with Gasteiger partial charge in [0.2, 0.25) is 0 Å². The fraction of sp³-hybridized carbons (Fsp3) is 1.00. The number of hydrogen-bond donors (Lipinski definition) is 2. The summed E-state index contributed by atoms with van der Waals surface area (Å²) in [6, 6.07) is 0. The molecular formula is C15H32N4. The molecule has 0 saturated carbocycles. The smallest absolute Gasteiger partial charge is 0.0278 e. The van der Waals surface area contributed by atoms with E-state index in [9.17, 15) is 0 Å². The SMILES string of the molecule is CN1CCN(C(C)(C)CNCC2CCCNC2)CC1. The van der Waals surface area contributed by atoms with E-state index in [0.29, 0.717) is 0 Å². The van der Waals surface area contributed by atoms with E-state index >= 15 is 0 Å². The van der Waals surface area contributed by atoms with Gasteiger partial charge in [0.05, 0.1) is 0 Å². The molecule has 4 heteroatoms. The third-order valence-corrected chi connectivity index (χ3v) is 4.75. The first kappa shape index (κ1) is 15.2. The summed E-state index contributed by atoms with van der Waals surface area (Å²) >= 11 is 0. The van der Waals surface area contributed by atoms with Gasteiger partial charge < -0.3 is 15.5 Å². The van der Waals surface area contributed by atoms with Crippen molar-refractivity contribution in [2.75, 3.05) is 59.4 Å². The summed E-state index contributed by atoms with van der Waals surface area (Å²) in [5.41, 5.74) is 0.281. The van der Waals surface area contributed by atoms with E-state index in [1.807, 2.05) is 0 Å². The minimum absolute atomic E-state index is 0.281. The van der Waals surface area contributed by atoms with E-state index in [1.165, 1.54) is 58.7 Å². The van der Waals surface area contributed by atoms with Crippen LogP contribution in [0.25, 0.3) is 0 Å². The van der Waals surface area contributed by atoms with Gasteiger partial charge in [-0.1, -0.05) is 0 Å². The lowest BCUT2D eigenvalue weighted by atomic mass is 9.98. The molecule has 2 fully saturated rings. The largest absolute Gasteiger partial charge is 0.316 e. The molecule has 2 aliphatic rings. The predicted molar refractivity (Wildman–Crippen MR) is 81.6 cm³/mol. The van der Waals surface area contributed by atoms with Crippen molar-refractivity contribution in [1.82, 2.24) is 20.4 Å². The highest BCUT2D eigenvalue weighted by atomic mass is 15.3. The van der Waals surface area contributed by atoms with E-state index in [2.05, 4.69) is 41.3 Å². The van der Waals surface area contributed by atoms with Gasteiger partial charge in [-0.3, -0.25) is 4.90 Å². The second-order valence-corrected chi connectivity index (χ2v) is 6.95. The highest BCUT2D eigenvalue weighted by Gasteiger charge is 2.28. The Balaban J connectivity index is 1.68. The van der Waals surface area contributed by atoms with Gasteiger partial charge in [0.15, 0.2) is 0 Å². The number of hydrogen-bond acceptors (Lipinski definition) is 4. The molecule has 1 unspecified atom stereocenters. The molecule has 0 aromatic heterocycles. The van der Waals surface area contributed by atoms with Crippen molar-refractivity contribution in [2.24, 2.45) is 5.92 Å². The van der Waals surface area contributed by atoms with Crippen LogP contribution in [0.2, 0.25) is 0 Å². The molecule has 1 atom stereocenters. The molecule has 2 rings (SSSR count). The lowest BCUT2D eigenvalue weighted by molar-refractivity contribution is 0.0612. The Labute approximate surface area is 118 Å². The van der Waals surface area contributed by atoms with Crippen LogP contribution in [0.3, 0.4) is 0 Å². The summed E-state index contributed by atoms with van der Waals surface area (Å²) in [6.45, 7) is 14.3. The Morgan fingerprint density at radius 2 is 1.95 bits per heavy atom. The number of rotatable bonds is 5. The fourth-order valence-electron chi connectivity index (χ4n) is 3.20. The molecule has 2 heterocycles. The summed E-state index contributed by atoms with van der Waals surface area (Å²) in [4.78, 5) is 5.06. The maximum absolute atomic E-state index is 3.71. The Bertz CT molecular complexity index is 253. The molecule has 0 bridgehead atoms. The maximum Gasteiger partial charge on any atom is 0.0278 e. The molecule has 0 aromatic rings. The normalized spacial score (nSPS) is 27.6. The summed E-state index contributed by atoms with van der Waals surface area (Å²) in [6.07, 6.45) is 2.73. The average molecular weight is 268 g/mol. The van der Waals surface area contributed by atoms with Gasteiger partial charge in [-0.2, -0.15) is 0 Å². The molecule has 2 N–H and O–H groups in total. The van der Waals surface area contributed by atoms with Crippen molar-refractivity contribution in [3.63, 3.8) is 0 Å². The highest BCUT2D eigenvalue weighted by Crippen LogP contribution is 2.16. The molecule has 0 aliphatic carbocycles. The Morgan fingerprint density at radius 3 is 2.58 bits per heavy atom. The Hall–Kier alpha value is -0.160. The van der Waals surface area contributed by atoms with Crippen LogP contribution < -0.4 is 10.6 Å². The van der Waals surface area contributed by atoms with Gasteiger partial charge in [0.25, 0.3) is 0 Å². The van der Waals surface area contributed by atoms with E-state index in [1.54, 1.807) is 0 Å². The van der Waals surface area contributed by atoms with Crippen molar-refractivity contribution in [3.05, 3.63) is 0 Å². The van der Waals surface area contributed by atoms with E-state index in [0.717, 1.165) is 12.5 Å². The molecular weight excluding hydrogens is 236 g/mol. The zero-order chi connectivity index (χ0) is 13.7. The second kappa shape index (κ2) is 7.02. The summed E-state index contributed by atoms with van der Waals surface area (Å²) in [7, 11) is 2.22. The van der Waals surface area contributed by atoms with Gasteiger partial charge in [-0.25, -0.2) is 0 Å². The monoisotopic (exact) mass is 268 g/mol. The van der Waals surface area contributed by atoms with Crippen LogP contribution in [0.15, 0.2) is 0 Å². The molecule has 0 aromatic carbocycles. The summed E-state index contributed by atoms with van der Waals surface area (Å²) in [5.74, 6) is 0.831. The minimum atomic E-state index is 0.281. The van der Waals surface area contributed by atoms with Crippen LogP contribution in [0, 0.1) is 5.92 Å². The van der Waals surface area contributed by atoms with Crippen molar-refractivity contribution in [3.8, 4) is 0 Å². The fourth-order valence-corrected chi connectivity index (χ4v) is 3.20. The van der Waals surface area contributed by atoms with Crippen LogP contribution in [0.1, 0.15) is 26.7 Å². The zero-order valence-corrected chi connectivity index (χ0v) is 13.0. The quantitative estimate of drug-likeness (QED) is 0.764. The van der Waals surface area contributed by atoms with Crippen LogP contribution >= 0.6 is 0 Å². The molecule has 4 nitrogen and oxygen atoms in total. The molecule has 0 amide bonds. The number of piperazine rings is 1. The van der Waals surface area contributed by atoms with Gasteiger partial charge in [0.1, 0.15) is 0 Å². The molecule has 2 aliphatic heterocycles. The highest BCUT2D eigenvalue weighted by molar-refractivity contribution is 4.87. The third-order valence-electron chi connectivity index (χ3n) is 4.75. The average Bonchev–Trinajstić information content (AvgIpc) is 2.40. The van der Waals surface area contributed by atoms with Gasteiger partial charge >= 0.3 is 0 Å². The topological polar surface area (TPSA) is 30.5 Å². The van der Waals surface area contributed by atoms with Crippen molar-refractivity contribution >= 4 is 0 Å². The molecule has 0 radical (unpaired) electrons. The summed E-state index contributed by atoms with van der Waals surface area (Å²) in [5, 5.41) is 7.20. The zero-order valence-electron chi connectivity index (χ0n) is 13.0. The standard InChI is InChI=1S/C15H32N4/c1-15(2,19-9-7-18(3)8-10-19)13-17-12-14-5-4-6-16-11-14/h14,16-17H,4-13H2,1-3H3. The molecule has 19 heavy (non-hydrogen) atoms. The minimum Gasteiger partial charge on any atom is -0.316 e. The first-order chi connectivity index (χ1) is 9.08. The Kier molecular flexibility index (Phi) is 5.63. The number of nitrogens with one attached hydrogen (secondary N) is 2. The Morgan fingerprint density at radius 1 is 1.21 bits per heavy atom. The number of nitrogens with zero attached hydrogens (tertiary/aromatic N) is 2. The van der Waals surface area contributed by atoms with E-state index in [-0.39, 0.29) is 5.54 Å². The van der Waals surface area contributed by atoms with Gasteiger partial charge in [0, 0.05) is 38.3 Å². The van der Waals surface area contributed by atoms with E-state index < -0.39 is 0 Å². The molecule has 2 saturated heterocycles. The number of piperidine rings is 1. The lowest BCUT2D eigenvalue weighted by Gasteiger charge is -2.43.